The van der Waals surface area contributed by atoms with Crippen molar-refractivity contribution >= 4 is 39.5 Å². The largest absolute Gasteiger partial charge is 0.335 e. The van der Waals surface area contributed by atoms with Crippen molar-refractivity contribution < 1.29 is 14.4 Å². The van der Waals surface area contributed by atoms with Gasteiger partial charge in [0.25, 0.3) is 5.91 Å². The highest BCUT2D eigenvalue weighted by Crippen LogP contribution is 2.43. The molecule has 3 rings (SSSR count). The van der Waals surface area contributed by atoms with Crippen LogP contribution < -0.4 is 10.2 Å². The van der Waals surface area contributed by atoms with Gasteiger partial charge in [0.05, 0.1) is 5.69 Å². The standard InChI is InChI=1S/C15H15BrN2O3/c1-9-6-10(16)8-11(7-9)18-13(20)15(4-2-3-5-15)12(19)17-14(18)21/h6-8H,2-5H2,1H3,(H,17,19,21). The Labute approximate surface area is 130 Å². The highest BCUT2D eigenvalue weighted by Gasteiger charge is 2.55. The zero-order chi connectivity index (χ0) is 15.2. The topological polar surface area (TPSA) is 66.5 Å². The van der Waals surface area contributed by atoms with Crippen LogP contribution in [0.25, 0.3) is 0 Å². The van der Waals surface area contributed by atoms with Gasteiger partial charge in [0.1, 0.15) is 5.41 Å². The normalized spacial score (nSPS) is 21.0. The minimum Gasteiger partial charge on any atom is -0.276 e. The number of rotatable bonds is 1. The molecule has 0 unspecified atom stereocenters. The van der Waals surface area contributed by atoms with Gasteiger partial charge in [0, 0.05) is 4.47 Å². The number of carbonyl (C=O) groups is 3. The van der Waals surface area contributed by atoms with E-state index in [1.807, 2.05) is 13.0 Å². The van der Waals surface area contributed by atoms with E-state index in [9.17, 15) is 14.4 Å². The van der Waals surface area contributed by atoms with Crippen LogP contribution in [0.15, 0.2) is 22.7 Å². The van der Waals surface area contributed by atoms with Crippen LogP contribution in [0.4, 0.5) is 10.5 Å². The van der Waals surface area contributed by atoms with Gasteiger partial charge in [-0.1, -0.05) is 28.8 Å². The molecule has 0 radical (unpaired) electrons. The molecule has 110 valence electrons. The fraction of sp³-hybridized carbons (Fsp3) is 0.400. The van der Waals surface area contributed by atoms with Crippen molar-refractivity contribution in [2.45, 2.75) is 32.6 Å². The number of nitrogens with zero attached hydrogens (tertiary/aromatic N) is 1. The minimum atomic E-state index is -1.07. The van der Waals surface area contributed by atoms with Crippen molar-refractivity contribution in [3.63, 3.8) is 0 Å². The summed E-state index contributed by atoms with van der Waals surface area (Å²) < 4.78 is 0.787. The zero-order valence-corrected chi connectivity index (χ0v) is 13.2. The van der Waals surface area contributed by atoms with Gasteiger partial charge in [-0.3, -0.25) is 14.9 Å². The molecule has 1 spiro atoms. The average molecular weight is 351 g/mol. The van der Waals surface area contributed by atoms with Crippen LogP contribution in [0.3, 0.4) is 0 Å². The van der Waals surface area contributed by atoms with Crippen molar-refractivity contribution in [3.8, 4) is 0 Å². The third kappa shape index (κ3) is 2.18. The molecule has 1 saturated heterocycles. The average Bonchev–Trinajstić information content (AvgIpc) is 2.86. The van der Waals surface area contributed by atoms with E-state index in [2.05, 4.69) is 21.2 Å². The van der Waals surface area contributed by atoms with Gasteiger partial charge in [-0.05, 0) is 43.5 Å². The third-order valence-electron chi connectivity index (χ3n) is 4.21. The van der Waals surface area contributed by atoms with E-state index in [0.29, 0.717) is 18.5 Å². The fourth-order valence-corrected chi connectivity index (χ4v) is 3.77. The van der Waals surface area contributed by atoms with Gasteiger partial charge in [0.15, 0.2) is 0 Å². The summed E-state index contributed by atoms with van der Waals surface area (Å²) in [6.45, 7) is 1.89. The summed E-state index contributed by atoms with van der Waals surface area (Å²) in [5.74, 6) is -0.843. The molecule has 2 aliphatic rings. The Kier molecular flexibility index (Phi) is 3.36. The molecular weight excluding hydrogens is 336 g/mol. The molecule has 1 aromatic rings. The summed E-state index contributed by atoms with van der Waals surface area (Å²) in [6.07, 6.45) is 2.68. The monoisotopic (exact) mass is 350 g/mol. The van der Waals surface area contributed by atoms with E-state index in [1.54, 1.807) is 12.1 Å². The van der Waals surface area contributed by atoms with Crippen LogP contribution in [0.1, 0.15) is 31.2 Å². The molecule has 0 atom stereocenters. The predicted octanol–water partition coefficient (Wildman–Crippen LogP) is 2.90. The predicted molar refractivity (Wildman–Crippen MR) is 80.8 cm³/mol. The van der Waals surface area contributed by atoms with E-state index in [-0.39, 0.29) is 0 Å². The fourth-order valence-electron chi connectivity index (χ4n) is 3.18. The number of amides is 4. The molecule has 1 aromatic carbocycles. The van der Waals surface area contributed by atoms with E-state index < -0.39 is 23.3 Å². The van der Waals surface area contributed by atoms with E-state index in [4.69, 9.17) is 0 Å². The zero-order valence-electron chi connectivity index (χ0n) is 11.6. The first kappa shape index (κ1) is 14.3. The number of hydrogen-bond acceptors (Lipinski definition) is 3. The Bertz CT molecular complexity index is 630. The lowest BCUT2D eigenvalue weighted by Gasteiger charge is -2.36. The lowest BCUT2D eigenvalue weighted by atomic mass is 9.82. The van der Waals surface area contributed by atoms with Crippen LogP contribution in [0.5, 0.6) is 0 Å². The number of hydrogen-bond donors (Lipinski definition) is 1. The van der Waals surface area contributed by atoms with Gasteiger partial charge in [-0.15, -0.1) is 0 Å². The minimum absolute atomic E-state index is 0.397. The van der Waals surface area contributed by atoms with Crippen molar-refractivity contribution in [2.24, 2.45) is 5.41 Å². The summed E-state index contributed by atoms with van der Waals surface area (Å²) in [5.41, 5.74) is 0.352. The Morgan fingerprint density at radius 1 is 1.14 bits per heavy atom. The highest BCUT2D eigenvalue weighted by molar-refractivity contribution is 9.10. The number of carbonyl (C=O) groups excluding carboxylic acids is 3. The van der Waals surface area contributed by atoms with Gasteiger partial charge >= 0.3 is 6.03 Å². The number of anilines is 1. The summed E-state index contributed by atoms with van der Waals surface area (Å²) in [6, 6.07) is 4.70. The number of aryl methyl sites for hydroxylation is 1. The second-order valence-electron chi connectivity index (χ2n) is 5.68. The molecule has 1 saturated carbocycles. The maximum Gasteiger partial charge on any atom is 0.335 e. The highest BCUT2D eigenvalue weighted by atomic mass is 79.9. The molecule has 0 aromatic heterocycles. The van der Waals surface area contributed by atoms with Crippen molar-refractivity contribution in [1.82, 2.24) is 5.32 Å². The summed E-state index contributed by atoms with van der Waals surface area (Å²) in [4.78, 5) is 38.2. The number of benzene rings is 1. The Hall–Kier alpha value is -1.69. The molecular formula is C15H15BrN2O3. The maximum atomic E-state index is 12.8. The van der Waals surface area contributed by atoms with Crippen molar-refractivity contribution in [3.05, 3.63) is 28.2 Å². The van der Waals surface area contributed by atoms with Gasteiger partial charge < -0.3 is 0 Å². The summed E-state index contributed by atoms with van der Waals surface area (Å²) >= 11 is 3.37. The van der Waals surface area contributed by atoms with Gasteiger partial charge in [-0.25, -0.2) is 9.69 Å². The number of urea groups is 1. The van der Waals surface area contributed by atoms with Gasteiger partial charge in [-0.2, -0.15) is 0 Å². The first-order valence-corrected chi connectivity index (χ1v) is 7.70. The molecule has 1 N–H and O–H groups in total. The molecule has 6 heteroatoms. The molecule has 0 bridgehead atoms. The van der Waals surface area contributed by atoms with Crippen molar-refractivity contribution in [2.75, 3.05) is 4.90 Å². The molecule has 1 heterocycles. The molecule has 2 fully saturated rings. The quantitative estimate of drug-likeness (QED) is 0.792. The third-order valence-corrected chi connectivity index (χ3v) is 4.67. The van der Waals surface area contributed by atoms with Crippen LogP contribution >= 0.6 is 15.9 Å². The van der Waals surface area contributed by atoms with Crippen molar-refractivity contribution in [1.29, 1.82) is 0 Å². The van der Waals surface area contributed by atoms with E-state index >= 15 is 0 Å². The Balaban J connectivity index is 2.06. The molecule has 1 aliphatic heterocycles. The SMILES string of the molecule is Cc1cc(Br)cc(N2C(=O)NC(=O)C3(CCCC3)C2=O)c1. The number of nitrogens with one attached hydrogen (secondary N) is 1. The van der Waals surface area contributed by atoms with Crippen LogP contribution in [-0.4, -0.2) is 17.8 Å². The van der Waals surface area contributed by atoms with E-state index in [1.165, 1.54) is 0 Å². The van der Waals surface area contributed by atoms with Crippen LogP contribution in [-0.2, 0) is 9.59 Å². The molecule has 4 amide bonds. The van der Waals surface area contributed by atoms with Gasteiger partial charge in [0.2, 0.25) is 5.91 Å². The Morgan fingerprint density at radius 3 is 2.43 bits per heavy atom. The molecule has 21 heavy (non-hydrogen) atoms. The first-order valence-electron chi connectivity index (χ1n) is 6.91. The number of imide groups is 2. The number of barbiturate groups is 1. The number of halogens is 1. The Morgan fingerprint density at radius 2 is 1.81 bits per heavy atom. The second-order valence-corrected chi connectivity index (χ2v) is 6.59. The summed E-state index contributed by atoms with van der Waals surface area (Å²) in [5, 5.41) is 2.34. The smallest absolute Gasteiger partial charge is 0.276 e. The summed E-state index contributed by atoms with van der Waals surface area (Å²) in [7, 11) is 0. The van der Waals surface area contributed by atoms with Crippen LogP contribution in [0.2, 0.25) is 0 Å². The van der Waals surface area contributed by atoms with E-state index in [0.717, 1.165) is 27.8 Å². The molecule has 1 aliphatic carbocycles. The maximum absolute atomic E-state index is 12.8. The van der Waals surface area contributed by atoms with Crippen LogP contribution in [0, 0.1) is 12.3 Å². The first-order chi connectivity index (χ1) is 9.94. The second kappa shape index (κ2) is 4.94. The molecule has 5 nitrogen and oxygen atoms in total. The lowest BCUT2D eigenvalue weighted by Crippen LogP contribution is -2.63. The lowest BCUT2D eigenvalue weighted by molar-refractivity contribution is -0.142.